The van der Waals surface area contributed by atoms with E-state index in [1.165, 1.54) is 43.3 Å². The lowest BCUT2D eigenvalue weighted by molar-refractivity contribution is -0.112. The summed E-state index contributed by atoms with van der Waals surface area (Å²) >= 11 is 0.666. The Morgan fingerprint density at radius 2 is 1.83 bits per heavy atom. The molecule has 2 aromatic carbocycles. The van der Waals surface area contributed by atoms with Gasteiger partial charge in [0.15, 0.2) is 11.5 Å². The van der Waals surface area contributed by atoms with E-state index in [1.54, 1.807) is 31.2 Å². The van der Waals surface area contributed by atoms with E-state index in [1.807, 2.05) is 0 Å². The summed E-state index contributed by atoms with van der Waals surface area (Å²) in [4.78, 5) is 16.3. The van der Waals surface area contributed by atoms with Crippen LogP contribution in [0.3, 0.4) is 0 Å². The molecule has 14 heteroatoms. The molecule has 0 atom stereocenters. The Morgan fingerprint density at radius 3 is 2.47 bits per heavy atom. The molecular formula is C22H20N4O7S3. The molecule has 0 bridgehead atoms. The number of nitrogens with zero attached hydrogens (tertiary/aromatic N) is 3. The van der Waals surface area contributed by atoms with Gasteiger partial charge in [-0.15, -0.1) is 0 Å². The summed E-state index contributed by atoms with van der Waals surface area (Å²) in [6.45, 7) is 3.33. The molecule has 1 heterocycles. The molecule has 0 unspecified atom stereocenters. The van der Waals surface area contributed by atoms with Gasteiger partial charge in [-0.25, -0.2) is 8.42 Å². The molecule has 0 saturated heterocycles. The van der Waals surface area contributed by atoms with Crippen LogP contribution in [-0.4, -0.2) is 44.5 Å². The lowest BCUT2D eigenvalue weighted by Crippen LogP contribution is -2.14. The molecule has 188 valence electrons. The second-order valence-electron chi connectivity index (χ2n) is 6.90. The quantitative estimate of drug-likeness (QED) is 0.226. The minimum Gasteiger partial charge on any atom is -0.490 e. The van der Waals surface area contributed by atoms with E-state index in [9.17, 15) is 26.9 Å². The van der Waals surface area contributed by atoms with Gasteiger partial charge in [0.1, 0.15) is 16.5 Å². The third-order valence-electron chi connectivity index (χ3n) is 4.46. The van der Waals surface area contributed by atoms with E-state index < -0.39 is 31.0 Å². The molecule has 3 rings (SSSR count). The van der Waals surface area contributed by atoms with E-state index in [4.69, 9.17) is 8.92 Å². The van der Waals surface area contributed by atoms with Crippen molar-refractivity contribution in [2.75, 3.05) is 17.7 Å². The van der Waals surface area contributed by atoms with Crippen LogP contribution in [-0.2, 0) is 24.7 Å². The second-order valence-corrected chi connectivity index (χ2v) is 11.4. The van der Waals surface area contributed by atoms with Gasteiger partial charge >= 0.3 is 10.1 Å². The molecule has 0 spiro atoms. The van der Waals surface area contributed by atoms with Crippen LogP contribution in [0.15, 0.2) is 64.2 Å². The Morgan fingerprint density at radius 1 is 1.11 bits per heavy atom. The van der Waals surface area contributed by atoms with Gasteiger partial charge in [0.2, 0.25) is 15.0 Å². The van der Waals surface area contributed by atoms with E-state index in [2.05, 4.69) is 14.7 Å². The van der Waals surface area contributed by atoms with Gasteiger partial charge in [-0.1, -0.05) is 31.2 Å². The van der Waals surface area contributed by atoms with E-state index in [-0.39, 0.29) is 39.5 Å². The maximum absolute atomic E-state index is 12.6. The number of carbonyl (C=O) groups excluding carboxylic acids is 1. The van der Waals surface area contributed by atoms with Crippen molar-refractivity contribution in [3.05, 3.63) is 59.7 Å². The molecule has 1 N–H and O–H groups in total. The molecule has 1 amide bonds. The first-order valence-electron chi connectivity index (χ1n) is 10.4. The van der Waals surface area contributed by atoms with Crippen molar-refractivity contribution < 1.29 is 30.6 Å². The maximum atomic E-state index is 12.6. The van der Waals surface area contributed by atoms with Gasteiger partial charge in [-0.05, 0) is 42.8 Å². The summed E-state index contributed by atoms with van der Waals surface area (Å²) < 4.78 is 63.3. The first kappa shape index (κ1) is 26.8. The summed E-state index contributed by atoms with van der Waals surface area (Å²) in [5.74, 6) is -1.02. The molecule has 0 saturated carbocycles. The smallest absolute Gasteiger partial charge is 0.339 e. The van der Waals surface area contributed by atoms with Crippen molar-refractivity contribution >= 4 is 48.6 Å². The van der Waals surface area contributed by atoms with Crippen LogP contribution in [0.5, 0.6) is 11.5 Å². The Balaban J connectivity index is 1.85. The zero-order chi connectivity index (χ0) is 26.3. The van der Waals surface area contributed by atoms with Crippen LogP contribution in [0.1, 0.15) is 19.4 Å². The highest BCUT2D eigenvalue weighted by Crippen LogP contribution is 2.32. The number of sulfone groups is 1. The number of nitrogens with one attached hydrogen (secondary N) is 1. The highest BCUT2D eigenvalue weighted by Gasteiger charge is 2.21. The van der Waals surface area contributed by atoms with Gasteiger partial charge < -0.3 is 8.92 Å². The number of hydrogen-bond donors (Lipinski definition) is 1. The first-order chi connectivity index (χ1) is 17.1. The third kappa shape index (κ3) is 6.45. The van der Waals surface area contributed by atoms with Crippen LogP contribution in [0, 0.1) is 11.3 Å². The molecule has 0 radical (unpaired) electrons. The van der Waals surface area contributed by atoms with Gasteiger partial charge in [0.25, 0.3) is 11.1 Å². The first-order valence-corrected chi connectivity index (χ1v) is 14.2. The summed E-state index contributed by atoms with van der Waals surface area (Å²) in [7, 11) is -7.76. The average molecular weight is 549 g/mol. The monoisotopic (exact) mass is 548 g/mol. The van der Waals surface area contributed by atoms with Gasteiger partial charge in [-0.3, -0.25) is 10.1 Å². The van der Waals surface area contributed by atoms with Crippen LogP contribution in [0.4, 0.5) is 5.13 Å². The largest absolute Gasteiger partial charge is 0.490 e. The van der Waals surface area contributed by atoms with Gasteiger partial charge in [-0.2, -0.15) is 23.0 Å². The molecule has 36 heavy (non-hydrogen) atoms. The summed E-state index contributed by atoms with van der Waals surface area (Å²) in [6, 6.07) is 13.6. The topological polar surface area (TPSA) is 165 Å². The number of benzene rings is 2. The molecule has 3 aromatic rings. The standard InChI is InChI=1S/C22H20N4O7S3/c1-3-32-19-13-15(10-11-18(19)33-36(30,31)17-8-6-5-7-9-17)12-16(14-23)20(27)24-21-25-22(26-34-21)35(28,29)4-2/h5-13H,3-4H2,1-2H3,(H,24,25,26,27). The maximum Gasteiger partial charge on any atom is 0.339 e. The lowest BCUT2D eigenvalue weighted by Gasteiger charge is -2.12. The number of aromatic nitrogens is 2. The zero-order valence-corrected chi connectivity index (χ0v) is 21.5. The lowest BCUT2D eigenvalue weighted by atomic mass is 10.1. The van der Waals surface area contributed by atoms with E-state index >= 15 is 0 Å². The molecule has 0 aliphatic carbocycles. The molecule has 0 aliphatic heterocycles. The number of amides is 1. The van der Waals surface area contributed by atoms with Crippen LogP contribution < -0.4 is 14.2 Å². The van der Waals surface area contributed by atoms with Gasteiger partial charge in [0, 0.05) is 11.5 Å². The van der Waals surface area contributed by atoms with Crippen molar-refractivity contribution in [1.82, 2.24) is 9.36 Å². The van der Waals surface area contributed by atoms with E-state index in [0.717, 1.165) is 0 Å². The van der Waals surface area contributed by atoms with E-state index in [0.29, 0.717) is 17.1 Å². The van der Waals surface area contributed by atoms with Crippen LogP contribution in [0.2, 0.25) is 0 Å². The van der Waals surface area contributed by atoms with Crippen molar-refractivity contribution in [3.8, 4) is 17.6 Å². The Bertz CT molecular complexity index is 1540. The van der Waals surface area contributed by atoms with Crippen molar-refractivity contribution in [1.29, 1.82) is 5.26 Å². The Hall–Kier alpha value is -3.80. The van der Waals surface area contributed by atoms with Crippen molar-refractivity contribution in [2.24, 2.45) is 0 Å². The molecule has 11 nitrogen and oxygen atoms in total. The molecule has 0 fully saturated rings. The molecule has 1 aromatic heterocycles. The highest BCUT2D eigenvalue weighted by molar-refractivity contribution is 7.91. The fraction of sp³-hybridized carbons (Fsp3) is 0.182. The Labute approximate surface area is 212 Å². The van der Waals surface area contributed by atoms with Gasteiger partial charge in [0.05, 0.1) is 12.4 Å². The Kier molecular flexibility index (Phi) is 8.41. The van der Waals surface area contributed by atoms with Crippen LogP contribution >= 0.6 is 11.5 Å². The number of nitriles is 1. The predicted molar refractivity (Wildman–Crippen MR) is 132 cm³/mol. The average Bonchev–Trinajstić information content (AvgIpc) is 3.34. The van der Waals surface area contributed by atoms with Crippen molar-refractivity contribution in [2.45, 2.75) is 23.9 Å². The normalized spacial score (nSPS) is 12.0. The second kappa shape index (κ2) is 11.3. The fourth-order valence-electron chi connectivity index (χ4n) is 2.70. The number of rotatable bonds is 10. The minimum absolute atomic E-state index is 0.0357. The number of hydrogen-bond acceptors (Lipinski definition) is 11. The summed E-state index contributed by atoms with van der Waals surface area (Å²) in [6.07, 6.45) is 1.25. The minimum atomic E-state index is -4.12. The molecule has 0 aliphatic rings. The van der Waals surface area contributed by atoms with Crippen molar-refractivity contribution in [3.63, 3.8) is 0 Å². The summed E-state index contributed by atoms with van der Waals surface area (Å²) in [5.41, 5.74) is 0.0271. The number of carbonyl (C=O) groups is 1. The molecular weight excluding hydrogens is 528 g/mol. The fourth-order valence-corrected chi connectivity index (χ4v) is 5.25. The highest BCUT2D eigenvalue weighted by atomic mass is 32.2. The third-order valence-corrected chi connectivity index (χ3v) is 7.95. The van der Waals surface area contributed by atoms with Crippen LogP contribution in [0.25, 0.3) is 6.08 Å². The number of anilines is 1. The number of ether oxygens (including phenoxy) is 1. The summed E-state index contributed by atoms with van der Waals surface area (Å²) in [5, 5.41) is 11.3. The zero-order valence-electron chi connectivity index (χ0n) is 19.0. The SMILES string of the molecule is CCOc1cc(C=C(C#N)C(=O)Nc2nc(S(=O)(=O)CC)ns2)ccc1OS(=O)(=O)c1ccccc1. The predicted octanol–water partition coefficient (Wildman–Crippen LogP) is 3.04.